The van der Waals surface area contributed by atoms with Crippen LogP contribution in [-0.4, -0.2) is 24.8 Å². The van der Waals surface area contributed by atoms with Gasteiger partial charge in [0, 0.05) is 18.1 Å². The lowest BCUT2D eigenvalue weighted by atomic mass is 10.0. The van der Waals surface area contributed by atoms with E-state index >= 15 is 0 Å². The van der Waals surface area contributed by atoms with Crippen LogP contribution in [0.25, 0.3) is 0 Å². The first kappa shape index (κ1) is 21.1. The van der Waals surface area contributed by atoms with Crippen molar-refractivity contribution in [2.75, 3.05) is 7.11 Å². The Balaban J connectivity index is 2.20. The zero-order valence-corrected chi connectivity index (χ0v) is 15.5. The normalized spacial score (nSPS) is 13.4. The van der Waals surface area contributed by atoms with E-state index in [9.17, 15) is 18.0 Å². The number of rotatable bonds is 7. The van der Waals surface area contributed by atoms with Crippen LogP contribution in [0, 0.1) is 0 Å². The largest absolute Gasteiger partial charge is 0.416 e. The second-order valence-corrected chi connectivity index (χ2v) is 5.87. The number of ketones is 1. The fourth-order valence-electron chi connectivity index (χ4n) is 2.43. The van der Waals surface area contributed by atoms with Gasteiger partial charge in [0.25, 0.3) is 0 Å². The molecule has 2 aromatic carbocycles. The number of benzene rings is 2. The number of hydrogen-bond donors (Lipinski definition) is 0. The smallest absolute Gasteiger partial charge is 0.399 e. The monoisotopic (exact) mass is 392 g/mol. The molecule has 28 heavy (non-hydrogen) atoms. The second-order valence-electron chi connectivity index (χ2n) is 5.87. The zero-order chi connectivity index (χ0) is 20.7. The van der Waals surface area contributed by atoms with E-state index in [1.54, 1.807) is 31.2 Å². The summed E-state index contributed by atoms with van der Waals surface area (Å²) in [5, 5.41) is 7.60. The van der Waals surface area contributed by atoms with Crippen LogP contribution in [0.2, 0.25) is 0 Å². The molecule has 0 aromatic heterocycles. The molecule has 0 saturated carbocycles. The van der Waals surface area contributed by atoms with Gasteiger partial charge in [0.2, 0.25) is 0 Å². The third-order valence-electron chi connectivity index (χ3n) is 3.83. The van der Waals surface area contributed by atoms with Crippen molar-refractivity contribution >= 4 is 17.7 Å². The van der Waals surface area contributed by atoms with Gasteiger partial charge < -0.3 is 9.68 Å². The van der Waals surface area contributed by atoms with E-state index in [2.05, 4.69) is 10.3 Å². The Morgan fingerprint density at radius 1 is 1.14 bits per heavy atom. The van der Waals surface area contributed by atoms with Gasteiger partial charge in [-0.3, -0.25) is 4.79 Å². The lowest BCUT2D eigenvalue weighted by Crippen LogP contribution is -2.14. The molecule has 0 bridgehead atoms. The predicted octanol–water partition coefficient (Wildman–Crippen LogP) is 4.76. The Bertz CT molecular complexity index is 892. The number of Topliss-reactive ketones (excluding diaryl/α,β-unsaturated/α-hetero) is 1. The molecule has 5 nitrogen and oxygen atoms in total. The van der Waals surface area contributed by atoms with Crippen molar-refractivity contribution in [3.8, 4) is 0 Å². The minimum absolute atomic E-state index is 0.121. The maximum atomic E-state index is 12.8. The van der Waals surface area contributed by atoms with Crippen molar-refractivity contribution in [3.63, 3.8) is 0 Å². The van der Waals surface area contributed by atoms with E-state index in [1.807, 2.05) is 0 Å². The third kappa shape index (κ3) is 5.42. The quantitative estimate of drug-likeness (QED) is 0.504. The Morgan fingerprint density at radius 2 is 1.86 bits per heavy atom. The van der Waals surface area contributed by atoms with Crippen LogP contribution in [0.1, 0.15) is 42.2 Å². The van der Waals surface area contributed by atoms with Gasteiger partial charge in [0.15, 0.2) is 11.5 Å². The summed E-state index contributed by atoms with van der Waals surface area (Å²) in [4.78, 5) is 21.8. The highest BCUT2D eigenvalue weighted by atomic mass is 19.4. The second kappa shape index (κ2) is 9.16. The summed E-state index contributed by atoms with van der Waals surface area (Å²) in [6, 6.07) is 11.7. The first-order chi connectivity index (χ1) is 13.2. The van der Waals surface area contributed by atoms with Crippen molar-refractivity contribution in [2.24, 2.45) is 10.3 Å². The molecular formula is C20H19F3N2O3. The highest BCUT2D eigenvalue weighted by Crippen LogP contribution is 2.31. The zero-order valence-electron chi connectivity index (χ0n) is 15.5. The van der Waals surface area contributed by atoms with Crippen molar-refractivity contribution in [1.82, 2.24) is 0 Å². The van der Waals surface area contributed by atoms with Gasteiger partial charge in [-0.05, 0) is 24.6 Å². The minimum Gasteiger partial charge on any atom is -0.399 e. The fourth-order valence-corrected chi connectivity index (χ4v) is 2.43. The van der Waals surface area contributed by atoms with Crippen molar-refractivity contribution in [3.05, 3.63) is 70.8 Å². The highest BCUT2D eigenvalue weighted by molar-refractivity contribution is 6.46. The molecule has 0 saturated heterocycles. The van der Waals surface area contributed by atoms with Crippen LogP contribution in [0.5, 0.6) is 0 Å². The van der Waals surface area contributed by atoms with Crippen LogP contribution in [0.3, 0.4) is 0 Å². The van der Waals surface area contributed by atoms with Crippen LogP contribution < -0.4 is 0 Å². The van der Waals surface area contributed by atoms with E-state index in [0.29, 0.717) is 16.7 Å². The average Bonchev–Trinajstić information content (AvgIpc) is 2.66. The maximum Gasteiger partial charge on any atom is 0.416 e. The molecule has 0 aliphatic carbocycles. The first-order valence-electron chi connectivity index (χ1n) is 8.32. The number of carbonyl (C=O) groups is 1. The highest BCUT2D eigenvalue weighted by Gasteiger charge is 2.30. The van der Waals surface area contributed by atoms with Crippen molar-refractivity contribution < 1.29 is 27.6 Å². The molecule has 0 spiro atoms. The number of nitrogens with zero attached hydrogens (tertiary/aromatic N) is 2. The summed E-state index contributed by atoms with van der Waals surface area (Å²) in [5.41, 5.74) is 0.749. The average molecular weight is 392 g/mol. The van der Waals surface area contributed by atoms with Crippen molar-refractivity contribution in [2.45, 2.75) is 26.1 Å². The topological polar surface area (TPSA) is 60.2 Å². The predicted molar refractivity (Wildman–Crippen MR) is 99.2 cm³/mol. The number of carbonyl (C=O) groups excluding carboxylic acids is 1. The number of alkyl halides is 3. The SMILES string of the molecule is CON=C(C(C)=O)c1ccccc1/C=N\OC(C)c1cccc(C(F)(F)F)c1. The molecule has 0 heterocycles. The van der Waals surface area contributed by atoms with Crippen LogP contribution in [-0.2, 0) is 20.6 Å². The lowest BCUT2D eigenvalue weighted by Gasteiger charge is -2.13. The van der Waals surface area contributed by atoms with Crippen LogP contribution in [0.15, 0.2) is 58.8 Å². The molecule has 8 heteroatoms. The summed E-state index contributed by atoms with van der Waals surface area (Å²) in [7, 11) is 1.33. The van der Waals surface area contributed by atoms with E-state index < -0.39 is 17.8 Å². The molecule has 2 aromatic rings. The summed E-state index contributed by atoms with van der Waals surface area (Å²) in [6.45, 7) is 2.95. The molecular weight excluding hydrogens is 373 g/mol. The number of hydrogen-bond acceptors (Lipinski definition) is 5. The third-order valence-corrected chi connectivity index (χ3v) is 3.83. The first-order valence-corrected chi connectivity index (χ1v) is 8.32. The number of halogens is 3. The van der Waals surface area contributed by atoms with Crippen LogP contribution in [0.4, 0.5) is 13.2 Å². The molecule has 1 unspecified atom stereocenters. The standard InChI is InChI=1S/C20H19F3N2O3/c1-13(26)19(25-27-3)18-10-5-4-7-16(18)12-24-28-14(2)15-8-6-9-17(11-15)20(21,22)23/h4-12,14H,1-3H3/b24-12-,25-19?. The van der Waals surface area contributed by atoms with E-state index in [-0.39, 0.29) is 11.5 Å². The molecule has 1 atom stereocenters. The van der Waals surface area contributed by atoms with E-state index in [0.717, 1.165) is 12.1 Å². The fraction of sp³-hybridized carbons (Fsp3) is 0.250. The Hall–Kier alpha value is -3.16. The van der Waals surface area contributed by atoms with Gasteiger partial charge in [0.1, 0.15) is 13.2 Å². The van der Waals surface area contributed by atoms with Crippen LogP contribution >= 0.6 is 0 Å². The Morgan fingerprint density at radius 3 is 2.50 bits per heavy atom. The summed E-state index contributed by atoms with van der Waals surface area (Å²) < 4.78 is 38.5. The van der Waals surface area contributed by atoms with E-state index in [1.165, 1.54) is 32.4 Å². The molecule has 0 fully saturated rings. The molecule has 0 amide bonds. The molecule has 0 aliphatic heterocycles. The van der Waals surface area contributed by atoms with Gasteiger partial charge in [-0.1, -0.05) is 46.7 Å². The van der Waals surface area contributed by atoms with Gasteiger partial charge in [-0.25, -0.2) is 0 Å². The molecule has 0 aliphatic rings. The summed E-state index contributed by atoms with van der Waals surface area (Å²) >= 11 is 0. The summed E-state index contributed by atoms with van der Waals surface area (Å²) in [6.07, 6.45) is -3.76. The van der Waals surface area contributed by atoms with Gasteiger partial charge in [-0.15, -0.1) is 0 Å². The summed E-state index contributed by atoms with van der Waals surface area (Å²) in [5.74, 6) is -0.291. The Kier molecular flexibility index (Phi) is 6.92. The van der Waals surface area contributed by atoms with Crippen molar-refractivity contribution in [1.29, 1.82) is 0 Å². The molecule has 0 radical (unpaired) electrons. The molecule has 2 rings (SSSR count). The molecule has 148 valence electrons. The molecule has 0 N–H and O–H groups in total. The van der Waals surface area contributed by atoms with E-state index in [4.69, 9.17) is 9.68 Å². The lowest BCUT2D eigenvalue weighted by molar-refractivity contribution is -0.137. The van der Waals surface area contributed by atoms with Gasteiger partial charge in [0.05, 0.1) is 11.8 Å². The Labute approximate surface area is 160 Å². The maximum absolute atomic E-state index is 12.8. The number of oxime groups is 2. The van der Waals surface area contributed by atoms with Gasteiger partial charge in [-0.2, -0.15) is 13.2 Å². The van der Waals surface area contributed by atoms with Gasteiger partial charge >= 0.3 is 6.18 Å². The minimum atomic E-state index is -4.43.